The molecule has 2 rings (SSSR count). The standard InChI is InChI=1S/C16H21BrN4O3/c1-20(11-15(23)21-8-2-3-9-21)10-14(22)19-16(24)18-13-6-4-12(17)5-7-13/h4-7H,2-3,8-11H2,1H3,(H2,18,19,22,24). The van der Waals surface area contributed by atoms with Gasteiger partial charge < -0.3 is 10.2 Å². The van der Waals surface area contributed by atoms with Crippen molar-refractivity contribution < 1.29 is 14.4 Å². The van der Waals surface area contributed by atoms with E-state index >= 15 is 0 Å². The van der Waals surface area contributed by atoms with Gasteiger partial charge in [-0.15, -0.1) is 0 Å². The maximum Gasteiger partial charge on any atom is 0.325 e. The molecule has 0 atom stereocenters. The van der Waals surface area contributed by atoms with Crippen LogP contribution < -0.4 is 10.6 Å². The Bertz CT molecular complexity index is 600. The maximum atomic E-state index is 12.0. The van der Waals surface area contributed by atoms with Crippen LogP contribution in [0.25, 0.3) is 0 Å². The van der Waals surface area contributed by atoms with Crippen molar-refractivity contribution in [2.75, 3.05) is 38.5 Å². The summed E-state index contributed by atoms with van der Waals surface area (Å²) in [6.45, 7) is 1.72. The summed E-state index contributed by atoms with van der Waals surface area (Å²) in [7, 11) is 1.68. The zero-order chi connectivity index (χ0) is 17.5. The van der Waals surface area contributed by atoms with Crippen molar-refractivity contribution in [3.05, 3.63) is 28.7 Å². The van der Waals surface area contributed by atoms with Gasteiger partial charge in [0.15, 0.2) is 0 Å². The van der Waals surface area contributed by atoms with Crippen molar-refractivity contribution in [1.82, 2.24) is 15.1 Å². The third kappa shape index (κ3) is 5.93. The second-order valence-corrected chi connectivity index (χ2v) is 6.69. The third-order valence-corrected chi connectivity index (χ3v) is 4.16. The minimum atomic E-state index is -0.596. The van der Waals surface area contributed by atoms with Gasteiger partial charge in [0.05, 0.1) is 13.1 Å². The molecule has 0 aliphatic carbocycles. The topological polar surface area (TPSA) is 81.8 Å². The van der Waals surface area contributed by atoms with Crippen molar-refractivity contribution in [3.8, 4) is 0 Å². The molecular weight excluding hydrogens is 376 g/mol. The summed E-state index contributed by atoms with van der Waals surface area (Å²) in [5.74, 6) is -0.441. The number of hydrogen-bond donors (Lipinski definition) is 2. The Labute approximate surface area is 149 Å². The van der Waals surface area contributed by atoms with Gasteiger partial charge in [-0.05, 0) is 44.2 Å². The number of carbonyl (C=O) groups excluding carboxylic acids is 3. The van der Waals surface area contributed by atoms with E-state index in [1.807, 2.05) is 0 Å². The van der Waals surface area contributed by atoms with Crippen LogP contribution in [0.4, 0.5) is 10.5 Å². The molecule has 4 amide bonds. The lowest BCUT2D eigenvalue weighted by molar-refractivity contribution is -0.131. The highest BCUT2D eigenvalue weighted by atomic mass is 79.9. The smallest absolute Gasteiger partial charge is 0.325 e. The van der Waals surface area contributed by atoms with E-state index in [-0.39, 0.29) is 19.0 Å². The minimum Gasteiger partial charge on any atom is -0.342 e. The van der Waals surface area contributed by atoms with Gasteiger partial charge in [-0.2, -0.15) is 0 Å². The average molecular weight is 397 g/mol. The van der Waals surface area contributed by atoms with E-state index in [9.17, 15) is 14.4 Å². The third-order valence-electron chi connectivity index (χ3n) is 3.63. The molecule has 0 spiro atoms. The molecule has 8 heteroatoms. The van der Waals surface area contributed by atoms with Gasteiger partial charge in [-0.3, -0.25) is 19.8 Å². The fraction of sp³-hybridized carbons (Fsp3) is 0.438. The second-order valence-electron chi connectivity index (χ2n) is 5.77. The summed E-state index contributed by atoms with van der Waals surface area (Å²) in [5.41, 5.74) is 0.584. The molecular formula is C16H21BrN4O3. The fourth-order valence-corrected chi connectivity index (χ4v) is 2.72. The molecule has 1 saturated heterocycles. The van der Waals surface area contributed by atoms with Gasteiger partial charge in [0.2, 0.25) is 11.8 Å². The number of halogens is 1. The molecule has 7 nitrogen and oxygen atoms in total. The maximum absolute atomic E-state index is 12.0. The van der Waals surface area contributed by atoms with Crippen molar-refractivity contribution >= 4 is 39.5 Å². The number of anilines is 1. The zero-order valence-electron chi connectivity index (χ0n) is 13.5. The molecule has 130 valence electrons. The Morgan fingerprint density at radius 2 is 1.75 bits per heavy atom. The van der Waals surface area contributed by atoms with Crippen molar-refractivity contribution in [3.63, 3.8) is 0 Å². The summed E-state index contributed by atoms with van der Waals surface area (Å²) in [6, 6.07) is 6.41. The van der Waals surface area contributed by atoms with E-state index in [0.717, 1.165) is 30.4 Å². The molecule has 1 heterocycles. The first-order chi connectivity index (χ1) is 11.4. The summed E-state index contributed by atoms with van der Waals surface area (Å²) < 4.78 is 0.897. The predicted molar refractivity (Wildman–Crippen MR) is 94.6 cm³/mol. The SMILES string of the molecule is CN(CC(=O)NC(=O)Nc1ccc(Br)cc1)CC(=O)N1CCCC1. The summed E-state index contributed by atoms with van der Waals surface area (Å²) in [6.07, 6.45) is 2.07. The van der Waals surface area contributed by atoms with E-state index < -0.39 is 11.9 Å². The number of nitrogens with zero attached hydrogens (tertiary/aromatic N) is 2. The van der Waals surface area contributed by atoms with Crippen molar-refractivity contribution in [2.24, 2.45) is 0 Å². The molecule has 1 aliphatic heterocycles. The second kappa shape index (κ2) is 8.79. The van der Waals surface area contributed by atoms with E-state index in [4.69, 9.17) is 0 Å². The van der Waals surface area contributed by atoms with Crippen molar-refractivity contribution in [2.45, 2.75) is 12.8 Å². The van der Waals surface area contributed by atoms with E-state index in [2.05, 4.69) is 26.6 Å². The first kappa shape index (κ1) is 18.4. The number of hydrogen-bond acceptors (Lipinski definition) is 4. The number of likely N-dealkylation sites (tertiary alicyclic amines) is 1. The first-order valence-electron chi connectivity index (χ1n) is 7.77. The van der Waals surface area contributed by atoms with E-state index in [1.165, 1.54) is 0 Å². The zero-order valence-corrected chi connectivity index (χ0v) is 15.1. The molecule has 24 heavy (non-hydrogen) atoms. The fourth-order valence-electron chi connectivity index (χ4n) is 2.46. The van der Waals surface area contributed by atoms with Crippen LogP contribution in [-0.4, -0.2) is 60.9 Å². The quantitative estimate of drug-likeness (QED) is 0.792. The minimum absolute atomic E-state index is 0.0158. The van der Waals surface area contributed by atoms with Gasteiger partial charge in [0.25, 0.3) is 0 Å². The Morgan fingerprint density at radius 3 is 2.38 bits per heavy atom. The number of carbonyl (C=O) groups is 3. The Kier molecular flexibility index (Phi) is 6.74. The molecule has 0 radical (unpaired) electrons. The number of rotatable bonds is 5. The van der Waals surface area contributed by atoms with Crippen LogP contribution >= 0.6 is 15.9 Å². The number of nitrogens with one attached hydrogen (secondary N) is 2. The number of amides is 4. The van der Waals surface area contributed by atoms with Crippen LogP contribution in [0.15, 0.2) is 28.7 Å². The molecule has 0 unspecified atom stereocenters. The normalized spacial score (nSPS) is 13.9. The largest absolute Gasteiger partial charge is 0.342 e. The molecule has 2 N–H and O–H groups in total. The lowest BCUT2D eigenvalue weighted by atomic mass is 10.3. The van der Waals surface area contributed by atoms with Gasteiger partial charge >= 0.3 is 6.03 Å². The average Bonchev–Trinajstić information content (AvgIpc) is 3.03. The first-order valence-corrected chi connectivity index (χ1v) is 8.56. The van der Waals surface area contributed by atoms with Crippen LogP contribution in [-0.2, 0) is 9.59 Å². The Balaban J connectivity index is 1.72. The molecule has 1 aliphatic rings. The number of urea groups is 1. The number of imide groups is 1. The van der Waals surface area contributed by atoms with Crippen molar-refractivity contribution in [1.29, 1.82) is 0 Å². The lowest BCUT2D eigenvalue weighted by Crippen LogP contribution is -2.44. The molecule has 1 aromatic carbocycles. The molecule has 0 bridgehead atoms. The monoisotopic (exact) mass is 396 g/mol. The Hall–Kier alpha value is -1.93. The van der Waals surface area contributed by atoms with Crippen LogP contribution in [0, 0.1) is 0 Å². The highest BCUT2D eigenvalue weighted by Crippen LogP contribution is 2.13. The summed E-state index contributed by atoms with van der Waals surface area (Å²) in [5, 5.41) is 4.82. The van der Waals surface area contributed by atoms with Gasteiger partial charge in [-0.1, -0.05) is 15.9 Å². The Morgan fingerprint density at radius 1 is 1.12 bits per heavy atom. The van der Waals surface area contributed by atoms with E-state index in [1.54, 1.807) is 41.1 Å². The molecule has 0 saturated carbocycles. The molecule has 1 fully saturated rings. The summed E-state index contributed by atoms with van der Waals surface area (Å²) in [4.78, 5) is 39.0. The van der Waals surface area contributed by atoms with Gasteiger partial charge in [0, 0.05) is 23.2 Å². The number of likely N-dealkylation sites (N-methyl/N-ethyl adjacent to an activating group) is 1. The molecule has 0 aromatic heterocycles. The number of benzene rings is 1. The predicted octanol–water partition coefficient (Wildman–Crippen LogP) is 1.65. The van der Waals surface area contributed by atoms with Crippen LogP contribution in [0.5, 0.6) is 0 Å². The molecule has 1 aromatic rings. The highest BCUT2D eigenvalue weighted by Gasteiger charge is 2.20. The van der Waals surface area contributed by atoms with Crippen LogP contribution in [0.1, 0.15) is 12.8 Å². The highest BCUT2D eigenvalue weighted by molar-refractivity contribution is 9.10. The lowest BCUT2D eigenvalue weighted by Gasteiger charge is -2.20. The van der Waals surface area contributed by atoms with Gasteiger partial charge in [-0.25, -0.2) is 4.79 Å². The summed E-state index contributed by atoms with van der Waals surface area (Å²) >= 11 is 3.30. The van der Waals surface area contributed by atoms with Gasteiger partial charge in [0.1, 0.15) is 0 Å². The van der Waals surface area contributed by atoms with E-state index in [0.29, 0.717) is 5.69 Å². The van der Waals surface area contributed by atoms with Crippen LogP contribution in [0.2, 0.25) is 0 Å². The van der Waals surface area contributed by atoms with Crippen LogP contribution in [0.3, 0.4) is 0 Å².